The lowest BCUT2D eigenvalue weighted by Gasteiger charge is -2.27. The van der Waals surface area contributed by atoms with E-state index < -0.39 is 23.7 Å². The van der Waals surface area contributed by atoms with E-state index in [1.54, 1.807) is 26.0 Å². The number of carboxylic acids is 1. The predicted octanol–water partition coefficient (Wildman–Crippen LogP) is 5.54. The summed E-state index contributed by atoms with van der Waals surface area (Å²) < 4.78 is 5.51. The highest BCUT2D eigenvalue weighted by Gasteiger charge is 2.34. The van der Waals surface area contributed by atoms with E-state index in [0.29, 0.717) is 23.5 Å². The van der Waals surface area contributed by atoms with Gasteiger partial charge in [-0.2, -0.15) is 0 Å². The molecular formula is C29H28N4O4. The molecule has 0 fully saturated rings. The molecule has 0 aliphatic heterocycles. The van der Waals surface area contributed by atoms with E-state index in [0.717, 1.165) is 16.7 Å². The molecule has 0 radical (unpaired) electrons. The zero-order valence-corrected chi connectivity index (χ0v) is 20.6. The Morgan fingerprint density at radius 2 is 1.62 bits per heavy atom. The van der Waals surface area contributed by atoms with Crippen LogP contribution in [-0.4, -0.2) is 27.1 Å². The first-order chi connectivity index (χ1) is 17.9. The monoisotopic (exact) mass is 496 g/mol. The highest BCUT2D eigenvalue weighted by Crippen LogP contribution is 2.27. The first kappa shape index (κ1) is 25.5. The molecule has 0 saturated heterocycles. The summed E-state index contributed by atoms with van der Waals surface area (Å²) in [6.07, 6.45) is 1.90. The number of hydrogen-bond acceptors (Lipinski definition) is 6. The maximum absolute atomic E-state index is 12.5. The van der Waals surface area contributed by atoms with Crippen LogP contribution in [0, 0.1) is 0 Å². The Hall–Kier alpha value is -4.56. The van der Waals surface area contributed by atoms with Crippen molar-refractivity contribution >= 4 is 17.7 Å². The maximum atomic E-state index is 12.5. The summed E-state index contributed by atoms with van der Waals surface area (Å²) in [5, 5.41) is 15.8. The Morgan fingerprint density at radius 1 is 0.973 bits per heavy atom. The summed E-state index contributed by atoms with van der Waals surface area (Å²) in [5.41, 5.74) is 2.94. The zero-order valence-electron chi connectivity index (χ0n) is 20.6. The molecule has 1 heterocycles. The summed E-state index contributed by atoms with van der Waals surface area (Å²) in [6.45, 7) is 3.80. The minimum atomic E-state index is -1.24. The van der Waals surface area contributed by atoms with Gasteiger partial charge in [0.1, 0.15) is 18.0 Å². The highest BCUT2D eigenvalue weighted by atomic mass is 16.6. The third-order valence-electron chi connectivity index (χ3n) is 6.15. The first-order valence-corrected chi connectivity index (χ1v) is 11.8. The predicted molar refractivity (Wildman–Crippen MR) is 141 cm³/mol. The summed E-state index contributed by atoms with van der Waals surface area (Å²) >= 11 is 0. The number of benzene rings is 3. The molecule has 1 aromatic heterocycles. The molecule has 4 rings (SSSR count). The number of carbonyl (C=O) groups excluding carboxylic acids is 1. The van der Waals surface area contributed by atoms with Gasteiger partial charge in [0.2, 0.25) is 0 Å². The number of nitrogens with zero attached hydrogens (tertiary/aromatic N) is 2. The Kier molecular flexibility index (Phi) is 7.90. The Balaban J connectivity index is 1.44. The second kappa shape index (κ2) is 11.5. The van der Waals surface area contributed by atoms with Crippen molar-refractivity contribution in [2.45, 2.75) is 32.0 Å². The molecule has 0 bridgehead atoms. The number of anilines is 1. The standard InChI is InChI=1S/C29H28N4O4/c1-20(22-9-5-3-6-10-22)37-28(36)33-25-18-30-19-31-26(25)23-15-13-21(14-16-23)17-32-29(2,27(34)35)24-11-7-4-8-12-24/h3-16,18-20,32H,17H2,1-2H3,(H,33,36)(H,34,35). The van der Waals surface area contributed by atoms with Crippen LogP contribution in [0.1, 0.15) is 36.6 Å². The van der Waals surface area contributed by atoms with E-state index in [2.05, 4.69) is 20.6 Å². The Bertz CT molecular complexity index is 1350. The van der Waals surface area contributed by atoms with Gasteiger partial charge in [-0.05, 0) is 30.5 Å². The number of carboxylic acid groups (broad SMARTS) is 1. The summed E-state index contributed by atoms with van der Waals surface area (Å²) in [7, 11) is 0. The van der Waals surface area contributed by atoms with Crippen LogP contribution < -0.4 is 10.6 Å². The minimum absolute atomic E-state index is 0.344. The van der Waals surface area contributed by atoms with Gasteiger partial charge in [-0.3, -0.25) is 10.6 Å². The molecule has 188 valence electrons. The molecule has 3 N–H and O–H groups in total. The normalized spacial score (nSPS) is 13.2. The van der Waals surface area contributed by atoms with Gasteiger partial charge in [-0.15, -0.1) is 0 Å². The van der Waals surface area contributed by atoms with Crippen LogP contribution in [0.2, 0.25) is 0 Å². The largest absolute Gasteiger partial charge is 0.480 e. The molecule has 2 unspecified atom stereocenters. The average molecular weight is 497 g/mol. The van der Waals surface area contributed by atoms with Gasteiger partial charge in [0.05, 0.1) is 17.6 Å². The van der Waals surface area contributed by atoms with Gasteiger partial charge >= 0.3 is 12.1 Å². The van der Waals surface area contributed by atoms with Crippen LogP contribution in [0.15, 0.2) is 97.5 Å². The van der Waals surface area contributed by atoms with Crippen molar-refractivity contribution in [3.63, 3.8) is 0 Å². The van der Waals surface area contributed by atoms with Gasteiger partial charge in [0.25, 0.3) is 0 Å². The van der Waals surface area contributed by atoms with Crippen molar-refractivity contribution < 1.29 is 19.4 Å². The summed E-state index contributed by atoms with van der Waals surface area (Å²) in [5.74, 6) is -0.958. The molecule has 4 aromatic rings. The molecule has 0 spiro atoms. The molecule has 2 atom stereocenters. The van der Waals surface area contributed by atoms with Crippen molar-refractivity contribution in [1.82, 2.24) is 15.3 Å². The SMILES string of the molecule is CC(OC(=O)Nc1cncnc1-c1ccc(CNC(C)(C(=O)O)c2ccccc2)cc1)c1ccccc1. The van der Waals surface area contributed by atoms with Crippen LogP contribution in [0.5, 0.6) is 0 Å². The molecule has 8 nitrogen and oxygen atoms in total. The topological polar surface area (TPSA) is 113 Å². The number of ether oxygens (including phenoxy) is 1. The summed E-state index contributed by atoms with van der Waals surface area (Å²) in [4.78, 5) is 32.9. The van der Waals surface area contributed by atoms with Crippen molar-refractivity contribution in [2.75, 3.05) is 5.32 Å². The van der Waals surface area contributed by atoms with Gasteiger partial charge in [0, 0.05) is 12.1 Å². The molecule has 37 heavy (non-hydrogen) atoms. The number of rotatable bonds is 9. The van der Waals surface area contributed by atoms with Gasteiger partial charge in [0.15, 0.2) is 0 Å². The molecule has 0 aliphatic rings. The van der Waals surface area contributed by atoms with Crippen molar-refractivity contribution in [2.24, 2.45) is 0 Å². The lowest BCUT2D eigenvalue weighted by molar-refractivity contribution is -0.144. The van der Waals surface area contributed by atoms with Crippen LogP contribution in [0.4, 0.5) is 10.5 Å². The first-order valence-electron chi connectivity index (χ1n) is 11.8. The lowest BCUT2D eigenvalue weighted by atomic mass is 9.91. The van der Waals surface area contributed by atoms with Crippen molar-refractivity contribution in [3.05, 3.63) is 114 Å². The fraction of sp³-hybridized carbons (Fsp3) is 0.172. The number of amides is 1. The van der Waals surface area contributed by atoms with Crippen LogP contribution in [0.25, 0.3) is 11.3 Å². The molecule has 0 aliphatic carbocycles. The highest BCUT2D eigenvalue weighted by molar-refractivity contribution is 5.90. The fourth-order valence-corrected chi connectivity index (χ4v) is 3.88. The molecule has 3 aromatic carbocycles. The molecule has 1 amide bonds. The second-order valence-electron chi connectivity index (χ2n) is 8.71. The van der Waals surface area contributed by atoms with E-state index >= 15 is 0 Å². The number of aromatic nitrogens is 2. The quantitative estimate of drug-likeness (QED) is 0.279. The molecular weight excluding hydrogens is 468 g/mol. The second-order valence-corrected chi connectivity index (χ2v) is 8.71. The van der Waals surface area contributed by atoms with Crippen LogP contribution in [-0.2, 0) is 21.6 Å². The third kappa shape index (κ3) is 6.17. The zero-order chi connectivity index (χ0) is 26.3. The van der Waals surface area contributed by atoms with E-state index in [4.69, 9.17) is 4.74 Å². The lowest BCUT2D eigenvalue weighted by Crippen LogP contribution is -2.46. The van der Waals surface area contributed by atoms with Gasteiger partial charge in [-0.25, -0.2) is 19.6 Å². The number of aliphatic carboxylic acids is 1. The van der Waals surface area contributed by atoms with Crippen molar-refractivity contribution in [1.29, 1.82) is 0 Å². The van der Waals surface area contributed by atoms with E-state index in [9.17, 15) is 14.7 Å². The van der Waals surface area contributed by atoms with E-state index in [1.807, 2.05) is 72.8 Å². The Morgan fingerprint density at radius 3 is 2.27 bits per heavy atom. The van der Waals surface area contributed by atoms with E-state index in [-0.39, 0.29) is 0 Å². The van der Waals surface area contributed by atoms with Crippen molar-refractivity contribution in [3.8, 4) is 11.3 Å². The minimum Gasteiger partial charge on any atom is -0.480 e. The average Bonchev–Trinajstić information content (AvgIpc) is 2.93. The smallest absolute Gasteiger partial charge is 0.412 e. The maximum Gasteiger partial charge on any atom is 0.412 e. The number of hydrogen-bond donors (Lipinski definition) is 3. The summed E-state index contributed by atoms with van der Waals surface area (Å²) in [6, 6.07) is 26.0. The molecule has 0 saturated carbocycles. The number of nitrogens with one attached hydrogen (secondary N) is 2. The van der Waals surface area contributed by atoms with Crippen LogP contribution >= 0.6 is 0 Å². The molecule has 8 heteroatoms. The third-order valence-corrected chi connectivity index (χ3v) is 6.15. The van der Waals surface area contributed by atoms with E-state index in [1.165, 1.54) is 12.5 Å². The Labute approximate surface area is 215 Å². The number of carbonyl (C=O) groups is 2. The fourth-order valence-electron chi connectivity index (χ4n) is 3.88. The van der Waals surface area contributed by atoms with Gasteiger partial charge in [-0.1, -0.05) is 84.9 Å². The van der Waals surface area contributed by atoms with Gasteiger partial charge < -0.3 is 9.84 Å². The van der Waals surface area contributed by atoms with Crippen LogP contribution in [0.3, 0.4) is 0 Å².